The number of aromatic hydroxyl groups is 1. The van der Waals surface area contributed by atoms with Crippen LogP contribution in [-0.2, 0) is 9.32 Å². The van der Waals surface area contributed by atoms with Crippen LogP contribution in [0.15, 0.2) is 64.5 Å². The molecule has 1 amide bonds. The molecule has 154 valence electrons. The van der Waals surface area contributed by atoms with Gasteiger partial charge < -0.3 is 10.1 Å². The van der Waals surface area contributed by atoms with Crippen molar-refractivity contribution >= 4 is 23.7 Å². The fourth-order valence-electron chi connectivity index (χ4n) is 3.21. The number of aliphatic imine (C=N–C) groups is 1. The Bertz CT molecular complexity index is 1060. The van der Waals surface area contributed by atoms with Crippen molar-refractivity contribution in [3.63, 3.8) is 0 Å². The number of unbranched alkanes of at least 4 members (excludes halogenated alkanes) is 1. The third-order valence-corrected chi connectivity index (χ3v) is 5.29. The molecule has 0 unspecified atom stereocenters. The van der Waals surface area contributed by atoms with Crippen molar-refractivity contribution in [2.45, 2.75) is 24.7 Å². The summed E-state index contributed by atoms with van der Waals surface area (Å²) in [4.78, 5) is 25.4. The lowest BCUT2D eigenvalue weighted by Crippen LogP contribution is -2.14. The van der Waals surface area contributed by atoms with Gasteiger partial charge in [-0.05, 0) is 24.1 Å². The minimum absolute atomic E-state index is 0.0678. The summed E-state index contributed by atoms with van der Waals surface area (Å²) in [6, 6.07) is 16.7. The smallest absolute Gasteiger partial charge is 0.280 e. The Morgan fingerprint density at radius 1 is 1.07 bits per heavy atom. The van der Waals surface area contributed by atoms with Crippen LogP contribution in [0.25, 0.3) is 11.3 Å². The van der Waals surface area contributed by atoms with Crippen LogP contribution in [0.1, 0.15) is 41.3 Å². The zero-order valence-corrected chi connectivity index (χ0v) is 17.2. The lowest BCUT2D eigenvalue weighted by molar-refractivity contribution is -0.244. The molecule has 1 aliphatic rings. The van der Waals surface area contributed by atoms with E-state index >= 15 is 0 Å². The van der Waals surface area contributed by atoms with Gasteiger partial charge in [-0.3, -0.25) is 4.79 Å². The minimum atomic E-state index is -0.372. The Balaban J connectivity index is 1.50. The third kappa shape index (κ3) is 4.17. The number of carbonyl (C=O) groups is 1. The van der Waals surface area contributed by atoms with E-state index in [0.29, 0.717) is 22.5 Å². The standard InChI is InChI=1S/C22H21N3O4S/c1-2-3-13-23-28-29-30-16-11-9-15(10-12-16)20-18-17(21(26)25-20)19(24-22(18)27)14-7-5-4-6-8-14/h4-12,23-24,27H,2-3,13H2,1H3. The number of nitrogens with one attached hydrogen (secondary N) is 2. The van der Waals surface area contributed by atoms with E-state index in [1.54, 1.807) is 0 Å². The molecule has 0 spiro atoms. The maximum Gasteiger partial charge on any atom is 0.280 e. The van der Waals surface area contributed by atoms with Gasteiger partial charge in [0.1, 0.15) is 0 Å². The van der Waals surface area contributed by atoms with Crippen LogP contribution in [0.5, 0.6) is 5.88 Å². The normalized spacial score (nSPS) is 12.8. The molecule has 8 heteroatoms. The minimum Gasteiger partial charge on any atom is -0.494 e. The zero-order valence-electron chi connectivity index (χ0n) is 16.3. The first kappa shape index (κ1) is 20.4. The van der Waals surface area contributed by atoms with E-state index in [1.165, 1.54) is 0 Å². The maximum absolute atomic E-state index is 12.6. The Labute approximate surface area is 178 Å². The topological polar surface area (TPSA) is 95.9 Å². The number of benzene rings is 2. The first-order chi connectivity index (χ1) is 14.7. The van der Waals surface area contributed by atoms with Crippen molar-refractivity contribution in [3.8, 4) is 17.1 Å². The molecule has 7 nitrogen and oxygen atoms in total. The molecule has 0 radical (unpaired) electrons. The summed E-state index contributed by atoms with van der Waals surface area (Å²) in [6.45, 7) is 2.82. The molecule has 1 aromatic heterocycles. The number of aromatic nitrogens is 1. The first-order valence-corrected chi connectivity index (χ1v) is 10.4. The van der Waals surface area contributed by atoms with Gasteiger partial charge in [0, 0.05) is 17.0 Å². The van der Waals surface area contributed by atoms with Gasteiger partial charge in [-0.15, -0.1) is 9.32 Å². The van der Waals surface area contributed by atoms with E-state index in [1.807, 2.05) is 54.6 Å². The van der Waals surface area contributed by atoms with Crippen molar-refractivity contribution in [3.05, 3.63) is 71.3 Å². The molecule has 0 bridgehead atoms. The van der Waals surface area contributed by atoms with Crippen molar-refractivity contribution in [1.82, 2.24) is 10.5 Å². The maximum atomic E-state index is 12.6. The summed E-state index contributed by atoms with van der Waals surface area (Å²) in [6.07, 6.45) is 2.08. The molecule has 4 rings (SSSR count). The molecule has 2 heterocycles. The Kier molecular flexibility index (Phi) is 6.29. The Morgan fingerprint density at radius 2 is 1.83 bits per heavy atom. The highest BCUT2D eigenvalue weighted by Gasteiger charge is 2.33. The summed E-state index contributed by atoms with van der Waals surface area (Å²) < 4.78 is 5.05. The molecule has 30 heavy (non-hydrogen) atoms. The number of amides is 1. The molecule has 2 aromatic carbocycles. The van der Waals surface area contributed by atoms with Crippen LogP contribution in [0, 0.1) is 0 Å². The van der Waals surface area contributed by atoms with Gasteiger partial charge >= 0.3 is 0 Å². The predicted octanol–water partition coefficient (Wildman–Crippen LogP) is 4.64. The van der Waals surface area contributed by atoms with Crippen LogP contribution < -0.4 is 5.48 Å². The molecular formula is C22H21N3O4S. The largest absolute Gasteiger partial charge is 0.494 e. The second-order valence-corrected chi connectivity index (χ2v) is 7.51. The number of hydrogen-bond donors (Lipinski definition) is 3. The number of hydrogen-bond acceptors (Lipinski definition) is 6. The van der Waals surface area contributed by atoms with Crippen LogP contribution in [-0.4, -0.2) is 28.3 Å². The number of rotatable bonds is 9. The average molecular weight is 423 g/mol. The van der Waals surface area contributed by atoms with Crippen molar-refractivity contribution in [2.24, 2.45) is 4.99 Å². The predicted molar refractivity (Wildman–Crippen MR) is 115 cm³/mol. The molecule has 0 saturated heterocycles. The number of fused-ring (bicyclic) bond motifs is 1. The SMILES string of the molecule is CCCCNOOSc1ccc(C2=NC(=O)c3c(-c4ccccc4)[nH]c(O)c32)cc1. The average Bonchev–Trinajstić information content (AvgIpc) is 3.30. The van der Waals surface area contributed by atoms with Crippen molar-refractivity contribution in [1.29, 1.82) is 0 Å². The highest BCUT2D eigenvalue weighted by molar-refractivity contribution is 7.94. The summed E-state index contributed by atoms with van der Waals surface area (Å²) in [5.41, 5.74) is 6.09. The zero-order chi connectivity index (χ0) is 20.9. The Hall–Kier alpha value is -2.91. The third-order valence-electron chi connectivity index (χ3n) is 4.69. The van der Waals surface area contributed by atoms with E-state index in [2.05, 4.69) is 22.4 Å². The van der Waals surface area contributed by atoms with Gasteiger partial charge in [0.15, 0.2) is 5.88 Å². The molecule has 0 atom stereocenters. The quantitative estimate of drug-likeness (QED) is 0.201. The number of hydroxylamine groups is 1. The number of H-pyrrole nitrogens is 1. The first-order valence-electron chi connectivity index (χ1n) is 9.66. The van der Waals surface area contributed by atoms with Gasteiger partial charge in [-0.25, -0.2) is 4.99 Å². The molecule has 3 N–H and O–H groups in total. The van der Waals surface area contributed by atoms with E-state index in [0.717, 1.165) is 47.5 Å². The number of nitrogens with zero attached hydrogens (tertiary/aromatic N) is 1. The molecular weight excluding hydrogens is 402 g/mol. The van der Waals surface area contributed by atoms with Gasteiger partial charge in [-0.2, -0.15) is 5.48 Å². The molecule has 1 aliphatic heterocycles. The Morgan fingerprint density at radius 3 is 2.57 bits per heavy atom. The van der Waals surface area contributed by atoms with Crippen molar-refractivity contribution < 1.29 is 19.2 Å². The van der Waals surface area contributed by atoms with Crippen LogP contribution in [0.2, 0.25) is 0 Å². The van der Waals surface area contributed by atoms with E-state index in [9.17, 15) is 9.90 Å². The van der Waals surface area contributed by atoms with Crippen LogP contribution in [0.4, 0.5) is 0 Å². The highest BCUT2D eigenvalue weighted by Crippen LogP contribution is 2.38. The number of aromatic amines is 1. The van der Waals surface area contributed by atoms with Gasteiger partial charge in [0.25, 0.3) is 5.91 Å². The van der Waals surface area contributed by atoms with Gasteiger partial charge in [0.05, 0.1) is 34.6 Å². The second-order valence-electron chi connectivity index (χ2n) is 6.74. The lowest BCUT2D eigenvalue weighted by atomic mass is 10.0. The second kappa shape index (κ2) is 9.27. The molecule has 0 aliphatic carbocycles. The molecule has 0 saturated carbocycles. The fourth-order valence-corrected chi connectivity index (χ4v) is 3.62. The van der Waals surface area contributed by atoms with Crippen LogP contribution in [0.3, 0.4) is 0 Å². The van der Waals surface area contributed by atoms with E-state index in [-0.39, 0.29) is 11.8 Å². The van der Waals surface area contributed by atoms with E-state index < -0.39 is 0 Å². The molecule has 3 aromatic rings. The fraction of sp³-hybridized carbons (Fsp3) is 0.182. The monoisotopic (exact) mass is 423 g/mol. The van der Waals surface area contributed by atoms with Crippen molar-refractivity contribution in [2.75, 3.05) is 6.54 Å². The van der Waals surface area contributed by atoms with Gasteiger partial charge in [0.2, 0.25) is 0 Å². The van der Waals surface area contributed by atoms with Crippen LogP contribution >= 0.6 is 12.0 Å². The summed E-state index contributed by atoms with van der Waals surface area (Å²) in [7, 11) is 0. The summed E-state index contributed by atoms with van der Waals surface area (Å²) >= 11 is 1.07. The summed E-state index contributed by atoms with van der Waals surface area (Å²) in [5.74, 6) is -0.439. The highest BCUT2D eigenvalue weighted by atomic mass is 32.2. The summed E-state index contributed by atoms with van der Waals surface area (Å²) in [5, 5.41) is 10.5. The number of carbonyl (C=O) groups excluding carboxylic acids is 1. The van der Waals surface area contributed by atoms with Gasteiger partial charge in [-0.1, -0.05) is 55.8 Å². The van der Waals surface area contributed by atoms with E-state index in [4.69, 9.17) is 9.32 Å². The lowest BCUT2D eigenvalue weighted by Gasteiger charge is -2.05. The molecule has 0 fully saturated rings.